The van der Waals surface area contributed by atoms with Crippen molar-refractivity contribution < 1.29 is 9.59 Å². The molecule has 1 unspecified atom stereocenters. The minimum absolute atomic E-state index is 0.0346. The number of amides is 2. The summed E-state index contributed by atoms with van der Waals surface area (Å²) in [6, 6.07) is 9.16. The number of piperazine rings is 1. The predicted octanol–water partition coefficient (Wildman–Crippen LogP) is 1.18. The Labute approximate surface area is 134 Å². The lowest BCUT2D eigenvalue weighted by atomic mass is 10.1. The molecule has 7 heteroatoms. The van der Waals surface area contributed by atoms with Gasteiger partial charge in [0.2, 0.25) is 5.91 Å². The Morgan fingerprint density at radius 1 is 1.39 bits per heavy atom. The molecule has 1 aromatic carbocycles. The third-order valence-corrected chi connectivity index (χ3v) is 3.99. The van der Waals surface area contributed by atoms with Crippen molar-refractivity contribution in [2.24, 2.45) is 0 Å². The maximum atomic E-state index is 12.5. The van der Waals surface area contributed by atoms with E-state index in [9.17, 15) is 9.59 Å². The topological polar surface area (TPSA) is 95.3 Å². The molecule has 120 valence electrons. The predicted molar refractivity (Wildman–Crippen MR) is 87.0 cm³/mol. The minimum Gasteiger partial charge on any atom is -0.382 e. The molecule has 1 aliphatic heterocycles. The lowest BCUT2D eigenvalue weighted by molar-refractivity contribution is -0.121. The Morgan fingerprint density at radius 2 is 2.17 bits per heavy atom. The lowest BCUT2D eigenvalue weighted by Crippen LogP contribution is -2.57. The number of carbonyl (C=O) groups excluding carboxylic acids is 2. The number of anilines is 2. The standard InChI is InChI=1S/C16H19N5O2/c1-10-4-3-5-12(6-10)21-8-11(2)20(9-15(21)22)16(23)13-7-14(17)19-18-13/h3-7,11H,8-9H2,1-2H3,(H3,17,18,19). The Kier molecular flexibility index (Phi) is 3.77. The fraction of sp³-hybridized carbons (Fsp3) is 0.312. The summed E-state index contributed by atoms with van der Waals surface area (Å²) >= 11 is 0. The molecular weight excluding hydrogens is 294 g/mol. The average Bonchev–Trinajstić information content (AvgIpc) is 2.95. The minimum atomic E-state index is -0.265. The van der Waals surface area contributed by atoms with Crippen LogP contribution in [0.5, 0.6) is 0 Å². The molecule has 3 rings (SSSR count). The zero-order valence-electron chi connectivity index (χ0n) is 13.1. The molecule has 1 fully saturated rings. The quantitative estimate of drug-likeness (QED) is 0.870. The molecule has 1 aliphatic rings. The highest BCUT2D eigenvalue weighted by molar-refractivity contribution is 6.01. The molecule has 0 aliphatic carbocycles. The number of carbonyl (C=O) groups is 2. The molecule has 1 saturated heterocycles. The summed E-state index contributed by atoms with van der Waals surface area (Å²) < 4.78 is 0. The van der Waals surface area contributed by atoms with Gasteiger partial charge in [0.25, 0.3) is 5.91 Å². The summed E-state index contributed by atoms with van der Waals surface area (Å²) in [5.74, 6) is -0.112. The smallest absolute Gasteiger partial charge is 0.272 e. The molecule has 2 aromatic rings. The Bertz CT molecular complexity index is 754. The van der Waals surface area contributed by atoms with Crippen molar-refractivity contribution in [1.82, 2.24) is 15.1 Å². The molecule has 2 amide bonds. The number of benzene rings is 1. The van der Waals surface area contributed by atoms with Crippen molar-refractivity contribution in [3.8, 4) is 0 Å². The van der Waals surface area contributed by atoms with Crippen molar-refractivity contribution in [3.63, 3.8) is 0 Å². The first kappa shape index (κ1) is 15.1. The van der Waals surface area contributed by atoms with Crippen molar-refractivity contribution in [1.29, 1.82) is 0 Å². The molecule has 0 saturated carbocycles. The van der Waals surface area contributed by atoms with Crippen molar-refractivity contribution in [3.05, 3.63) is 41.6 Å². The molecule has 0 spiro atoms. The Balaban J connectivity index is 1.79. The number of H-pyrrole nitrogens is 1. The van der Waals surface area contributed by atoms with Gasteiger partial charge in [0.05, 0.1) is 0 Å². The third-order valence-electron chi connectivity index (χ3n) is 3.99. The number of nitrogens with one attached hydrogen (secondary N) is 1. The molecule has 23 heavy (non-hydrogen) atoms. The molecule has 7 nitrogen and oxygen atoms in total. The number of aromatic amines is 1. The summed E-state index contributed by atoms with van der Waals surface area (Å²) in [5.41, 5.74) is 7.78. The third kappa shape index (κ3) is 2.90. The average molecular weight is 313 g/mol. The van der Waals surface area contributed by atoms with Gasteiger partial charge in [-0.15, -0.1) is 0 Å². The molecule has 3 N–H and O–H groups in total. The number of nitrogens with zero attached hydrogens (tertiary/aromatic N) is 3. The summed E-state index contributed by atoms with van der Waals surface area (Å²) in [6.45, 7) is 4.40. The van der Waals surface area contributed by atoms with Gasteiger partial charge in [0, 0.05) is 24.3 Å². The highest BCUT2D eigenvalue weighted by Gasteiger charge is 2.34. The van der Waals surface area contributed by atoms with Crippen molar-refractivity contribution >= 4 is 23.3 Å². The Hall–Kier alpha value is -2.83. The van der Waals surface area contributed by atoms with E-state index in [0.717, 1.165) is 11.3 Å². The maximum absolute atomic E-state index is 12.5. The molecule has 0 bridgehead atoms. The van der Waals surface area contributed by atoms with Crippen LogP contribution in [0.1, 0.15) is 23.0 Å². The van der Waals surface area contributed by atoms with Gasteiger partial charge >= 0.3 is 0 Å². The molecule has 0 radical (unpaired) electrons. The second kappa shape index (κ2) is 5.75. The van der Waals surface area contributed by atoms with Gasteiger partial charge in [-0.2, -0.15) is 5.10 Å². The fourth-order valence-electron chi connectivity index (χ4n) is 2.77. The van der Waals surface area contributed by atoms with Gasteiger partial charge in [-0.25, -0.2) is 0 Å². The number of hydrogen-bond acceptors (Lipinski definition) is 4. The van der Waals surface area contributed by atoms with E-state index in [1.807, 2.05) is 38.1 Å². The zero-order chi connectivity index (χ0) is 16.6. The van der Waals surface area contributed by atoms with Crippen LogP contribution in [0, 0.1) is 6.92 Å². The molecular formula is C16H19N5O2. The van der Waals surface area contributed by atoms with E-state index in [4.69, 9.17) is 5.73 Å². The van der Waals surface area contributed by atoms with Crippen LogP contribution >= 0.6 is 0 Å². The second-order valence-corrected chi connectivity index (χ2v) is 5.83. The van der Waals surface area contributed by atoms with E-state index in [1.54, 1.807) is 9.80 Å². The van der Waals surface area contributed by atoms with Crippen LogP contribution in [0.2, 0.25) is 0 Å². The highest BCUT2D eigenvalue weighted by atomic mass is 16.2. The summed E-state index contributed by atoms with van der Waals surface area (Å²) in [5, 5.41) is 6.36. The van der Waals surface area contributed by atoms with E-state index in [0.29, 0.717) is 12.2 Å². The summed E-state index contributed by atoms with van der Waals surface area (Å²) in [4.78, 5) is 28.2. The van der Waals surface area contributed by atoms with Crippen LogP contribution in [-0.4, -0.2) is 46.0 Å². The lowest BCUT2D eigenvalue weighted by Gasteiger charge is -2.39. The molecule has 1 atom stereocenters. The number of rotatable bonds is 2. The summed E-state index contributed by atoms with van der Waals surface area (Å²) in [6.07, 6.45) is 0. The first-order valence-electron chi connectivity index (χ1n) is 7.44. The van der Waals surface area contributed by atoms with Crippen LogP contribution in [0.4, 0.5) is 11.5 Å². The van der Waals surface area contributed by atoms with Crippen LogP contribution in [-0.2, 0) is 4.79 Å². The van der Waals surface area contributed by atoms with E-state index >= 15 is 0 Å². The van der Waals surface area contributed by atoms with Gasteiger partial charge in [-0.3, -0.25) is 14.7 Å². The van der Waals surface area contributed by atoms with E-state index in [-0.39, 0.29) is 30.2 Å². The van der Waals surface area contributed by atoms with Gasteiger partial charge < -0.3 is 15.5 Å². The SMILES string of the molecule is Cc1cccc(N2CC(C)N(C(=O)c3cc(N)n[nH]3)CC2=O)c1. The number of aryl methyl sites for hydroxylation is 1. The normalized spacial score (nSPS) is 18.3. The van der Waals surface area contributed by atoms with Crippen LogP contribution < -0.4 is 10.6 Å². The van der Waals surface area contributed by atoms with Crippen LogP contribution in [0.3, 0.4) is 0 Å². The monoisotopic (exact) mass is 313 g/mol. The Morgan fingerprint density at radius 3 is 2.83 bits per heavy atom. The molecule has 2 heterocycles. The number of nitrogens with two attached hydrogens (primary N) is 1. The van der Waals surface area contributed by atoms with Crippen LogP contribution in [0.25, 0.3) is 0 Å². The first-order chi connectivity index (χ1) is 11.0. The van der Waals surface area contributed by atoms with Gasteiger partial charge in [0.1, 0.15) is 18.1 Å². The van der Waals surface area contributed by atoms with E-state index in [2.05, 4.69) is 10.2 Å². The number of aromatic nitrogens is 2. The maximum Gasteiger partial charge on any atom is 0.272 e. The van der Waals surface area contributed by atoms with Gasteiger partial charge in [-0.1, -0.05) is 12.1 Å². The zero-order valence-corrected chi connectivity index (χ0v) is 13.1. The fourth-order valence-corrected chi connectivity index (χ4v) is 2.77. The highest BCUT2D eigenvalue weighted by Crippen LogP contribution is 2.22. The summed E-state index contributed by atoms with van der Waals surface area (Å²) in [7, 11) is 0. The van der Waals surface area contributed by atoms with E-state index in [1.165, 1.54) is 6.07 Å². The second-order valence-electron chi connectivity index (χ2n) is 5.83. The molecule has 1 aromatic heterocycles. The largest absolute Gasteiger partial charge is 0.382 e. The van der Waals surface area contributed by atoms with E-state index < -0.39 is 0 Å². The van der Waals surface area contributed by atoms with Crippen molar-refractivity contribution in [2.45, 2.75) is 19.9 Å². The number of hydrogen-bond donors (Lipinski definition) is 2. The first-order valence-corrected chi connectivity index (χ1v) is 7.44. The van der Waals surface area contributed by atoms with Gasteiger partial charge in [-0.05, 0) is 31.5 Å². The van der Waals surface area contributed by atoms with Crippen molar-refractivity contribution in [2.75, 3.05) is 23.7 Å². The van der Waals surface area contributed by atoms with Gasteiger partial charge in [0.15, 0.2) is 0 Å². The number of nitrogen functional groups attached to an aromatic ring is 1. The van der Waals surface area contributed by atoms with Crippen LogP contribution in [0.15, 0.2) is 30.3 Å².